The van der Waals surface area contributed by atoms with E-state index in [1.165, 1.54) is 11.3 Å². The number of nitrogens with one attached hydrogen (secondary N) is 1. The van der Waals surface area contributed by atoms with Gasteiger partial charge in [-0.25, -0.2) is 4.98 Å². The normalized spacial score (nSPS) is 11.1. The first-order valence-electron chi connectivity index (χ1n) is 7.18. The number of benzene rings is 1. The average molecular weight is 311 g/mol. The molecule has 0 atom stereocenters. The van der Waals surface area contributed by atoms with E-state index < -0.39 is 0 Å². The van der Waals surface area contributed by atoms with Crippen LogP contribution >= 0.6 is 11.3 Å². The summed E-state index contributed by atoms with van der Waals surface area (Å²) in [5, 5.41) is 6.27. The van der Waals surface area contributed by atoms with Crippen molar-refractivity contribution in [2.75, 3.05) is 5.32 Å². The number of para-hydroxylation sites is 1. The van der Waals surface area contributed by atoms with Gasteiger partial charge in [-0.05, 0) is 25.0 Å². The predicted octanol–water partition coefficient (Wildman–Crippen LogP) is 4.38. The Labute approximate surface area is 133 Å². The van der Waals surface area contributed by atoms with E-state index in [-0.39, 0.29) is 11.8 Å². The van der Waals surface area contributed by atoms with Crippen molar-refractivity contribution in [1.82, 2.24) is 9.97 Å². The van der Waals surface area contributed by atoms with Gasteiger partial charge in [-0.2, -0.15) is 0 Å². The smallest absolute Gasteiger partial charge is 0.258 e. The number of thiazole rings is 1. The number of carbonyl (C=O) groups excluding carboxylic acids is 1. The Morgan fingerprint density at radius 1 is 1.23 bits per heavy atom. The van der Waals surface area contributed by atoms with Crippen LogP contribution in [0.3, 0.4) is 0 Å². The van der Waals surface area contributed by atoms with Crippen molar-refractivity contribution in [1.29, 1.82) is 0 Å². The lowest BCUT2D eigenvalue weighted by Crippen LogP contribution is -2.13. The van der Waals surface area contributed by atoms with E-state index in [0.29, 0.717) is 10.7 Å². The van der Waals surface area contributed by atoms with Crippen LogP contribution in [0.2, 0.25) is 0 Å². The standard InChI is InChI=1S/C17H17N3OS/c1-10(2)15-8-13(12-6-4-5-7-14(12)19-15)16(21)20-17-18-11(3)9-22-17/h4-10H,1-3H3,(H,18,20,21). The number of fused-ring (bicyclic) bond motifs is 1. The lowest BCUT2D eigenvalue weighted by molar-refractivity contribution is 0.102. The van der Waals surface area contributed by atoms with E-state index in [4.69, 9.17) is 0 Å². The molecular formula is C17H17N3OS. The van der Waals surface area contributed by atoms with Gasteiger partial charge in [0.05, 0.1) is 16.8 Å². The molecule has 0 spiro atoms. The fraction of sp³-hybridized carbons (Fsp3) is 0.235. The first-order valence-corrected chi connectivity index (χ1v) is 8.05. The molecule has 0 saturated carbocycles. The number of pyridine rings is 1. The molecule has 1 aromatic carbocycles. The predicted molar refractivity (Wildman–Crippen MR) is 90.6 cm³/mol. The quantitative estimate of drug-likeness (QED) is 0.781. The van der Waals surface area contributed by atoms with E-state index >= 15 is 0 Å². The van der Waals surface area contributed by atoms with Gasteiger partial charge in [0, 0.05) is 16.5 Å². The second-order valence-corrected chi connectivity index (χ2v) is 6.37. The van der Waals surface area contributed by atoms with Crippen molar-refractivity contribution in [3.8, 4) is 0 Å². The van der Waals surface area contributed by atoms with Gasteiger partial charge in [0.15, 0.2) is 5.13 Å². The van der Waals surface area contributed by atoms with Crippen molar-refractivity contribution in [3.63, 3.8) is 0 Å². The Morgan fingerprint density at radius 3 is 2.68 bits per heavy atom. The molecule has 0 aliphatic carbocycles. The number of aromatic nitrogens is 2. The Kier molecular flexibility index (Phi) is 3.90. The molecule has 0 aliphatic heterocycles. The molecular weight excluding hydrogens is 294 g/mol. The summed E-state index contributed by atoms with van der Waals surface area (Å²) in [5.41, 5.74) is 3.30. The van der Waals surface area contributed by atoms with Crippen LogP contribution < -0.4 is 5.32 Å². The van der Waals surface area contributed by atoms with Crippen LogP contribution in [0.15, 0.2) is 35.7 Å². The SMILES string of the molecule is Cc1csc(NC(=O)c2cc(C(C)C)nc3ccccc23)n1. The summed E-state index contributed by atoms with van der Waals surface area (Å²) in [5.74, 6) is 0.119. The maximum atomic E-state index is 12.6. The number of amides is 1. The van der Waals surface area contributed by atoms with Crippen molar-refractivity contribution < 1.29 is 4.79 Å². The zero-order valence-electron chi connectivity index (χ0n) is 12.8. The van der Waals surface area contributed by atoms with Crippen molar-refractivity contribution in [2.45, 2.75) is 26.7 Å². The number of nitrogens with zero attached hydrogens (tertiary/aromatic N) is 2. The van der Waals surface area contributed by atoms with E-state index in [1.807, 2.05) is 42.6 Å². The van der Waals surface area contributed by atoms with Gasteiger partial charge >= 0.3 is 0 Å². The van der Waals surface area contributed by atoms with E-state index in [0.717, 1.165) is 22.3 Å². The van der Waals surface area contributed by atoms with Crippen LogP contribution in [0.5, 0.6) is 0 Å². The van der Waals surface area contributed by atoms with Gasteiger partial charge in [0.1, 0.15) is 0 Å². The van der Waals surface area contributed by atoms with E-state index in [9.17, 15) is 4.79 Å². The first kappa shape index (κ1) is 14.7. The zero-order chi connectivity index (χ0) is 15.7. The zero-order valence-corrected chi connectivity index (χ0v) is 13.6. The molecule has 112 valence electrons. The molecule has 4 nitrogen and oxygen atoms in total. The average Bonchev–Trinajstić information content (AvgIpc) is 2.91. The molecule has 2 aromatic heterocycles. The number of hydrogen-bond donors (Lipinski definition) is 1. The van der Waals surface area contributed by atoms with Gasteiger partial charge in [-0.3, -0.25) is 15.1 Å². The van der Waals surface area contributed by atoms with Crippen molar-refractivity contribution in [2.24, 2.45) is 0 Å². The third-order valence-corrected chi connectivity index (χ3v) is 4.29. The minimum atomic E-state index is -0.144. The maximum absolute atomic E-state index is 12.6. The van der Waals surface area contributed by atoms with Crippen molar-refractivity contribution in [3.05, 3.63) is 52.7 Å². The number of aryl methyl sites for hydroxylation is 1. The minimum Gasteiger partial charge on any atom is -0.298 e. The molecule has 1 N–H and O–H groups in total. The second kappa shape index (κ2) is 5.85. The third kappa shape index (κ3) is 2.85. The number of carbonyl (C=O) groups is 1. The van der Waals surface area contributed by atoms with Gasteiger partial charge in [0.25, 0.3) is 5.91 Å². The monoisotopic (exact) mass is 311 g/mol. The van der Waals surface area contributed by atoms with Crippen molar-refractivity contribution >= 4 is 33.3 Å². The van der Waals surface area contributed by atoms with E-state index in [1.54, 1.807) is 0 Å². The lowest BCUT2D eigenvalue weighted by Gasteiger charge is -2.11. The molecule has 2 heterocycles. The van der Waals surface area contributed by atoms with Gasteiger partial charge in [-0.15, -0.1) is 11.3 Å². The molecule has 3 rings (SSSR count). The van der Waals surface area contributed by atoms with Crippen LogP contribution in [0.4, 0.5) is 5.13 Å². The summed E-state index contributed by atoms with van der Waals surface area (Å²) in [6.07, 6.45) is 0. The summed E-state index contributed by atoms with van der Waals surface area (Å²) in [6.45, 7) is 6.05. The summed E-state index contributed by atoms with van der Waals surface area (Å²) in [6, 6.07) is 9.59. The molecule has 22 heavy (non-hydrogen) atoms. The Balaban J connectivity index is 2.06. The summed E-state index contributed by atoms with van der Waals surface area (Å²) < 4.78 is 0. The topological polar surface area (TPSA) is 54.9 Å². The highest BCUT2D eigenvalue weighted by atomic mass is 32.1. The molecule has 0 aliphatic rings. The van der Waals surface area contributed by atoms with Gasteiger partial charge in [0.2, 0.25) is 0 Å². The number of hydrogen-bond acceptors (Lipinski definition) is 4. The van der Waals surface area contributed by atoms with Crippen LogP contribution in [-0.4, -0.2) is 15.9 Å². The number of anilines is 1. The molecule has 0 fully saturated rings. The number of rotatable bonds is 3. The van der Waals surface area contributed by atoms with Gasteiger partial charge < -0.3 is 0 Å². The fourth-order valence-electron chi connectivity index (χ4n) is 2.26. The summed E-state index contributed by atoms with van der Waals surface area (Å²) in [4.78, 5) is 21.6. The molecule has 0 bridgehead atoms. The Hall–Kier alpha value is -2.27. The second-order valence-electron chi connectivity index (χ2n) is 5.51. The van der Waals surface area contributed by atoms with E-state index in [2.05, 4.69) is 29.1 Å². The highest BCUT2D eigenvalue weighted by Crippen LogP contribution is 2.24. The van der Waals surface area contributed by atoms with Crippen LogP contribution in [-0.2, 0) is 0 Å². The molecule has 1 amide bonds. The largest absolute Gasteiger partial charge is 0.298 e. The third-order valence-electron chi connectivity index (χ3n) is 3.41. The van der Waals surface area contributed by atoms with Crippen LogP contribution in [0.1, 0.15) is 41.5 Å². The Bertz CT molecular complexity index is 839. The molecule has 0 radical (unpaired) electrons. The molecule has 0 unspecified atom stereocenters. The fourth-order valence-corrected chi connectivity index (χ4v) is 2.94. The molecule has 5 heteroatoms. The summed E-state index contributed by atoms with van der Waals surface area (Å²) in [7, 11) is 0. The highest BCUT2D eigenvalue weighted by molar-refractivity contribution is 7.13. The summed E-state index contributed by atoms with van der Waals surface area (Å²) >= 11 is 1.43. The maximum Gasteiger partial charge on any atom is 0.258 e. The Morgan fingerprint density at radius 2 is 2.00 bits per heavy atom. The molecule has 3 aromatic rings. The van der Waals surface area contributed by atoms with Crippen LogP contribution in [0, 0.1) is 6.92 Å². The highest BCUT2D eigenvalue weighted by Gasteiger charge is 2.15. The first-order chi connectivity index (χ1) is 10.5. The van der Waals surface area contributed by atoms with Crippen LogP contribution in [0.25, 0.3) is 10.9 Å². The lowest BCUT2D eigenvalue weighted by atomic mass is 10.0. The van der Waals surface area contributed by atoms with Gasteiger partial charge in [-0.1, -0.05) is 32.0 Å². The molecule has 0 saturated heterocycles. The minimum absolute atomic E-state index is 0.144.